The standard InChI is InChI=1S/C13H19O2/c1-2-3-4-5-8-11-15-13-10-7-6-9-12(13)14/h6-7,9-10H,2-5,8,11H2,1H3. The monoisotopic (exact) mass is 207 g/mol. The van der Waals surface area contributed by atoms with Crippen molar-refractivity contribution in [2.24, 2.45) is 0 Å². The normalized spacial score (nSPS) is 10.2. The molecule has 15 heavy (non-hydrogen) atoms. The van der Waals surface area contributed by atoms with Crippen molar-refractivity contribution in [3.05, 3.63) is 24.3 Å². The third-order valence-corrected chi connectivity index (χ3v) is 2.35. The zero-order valence-corrected chi connectivity index (χ0v) is 9.37. The molecule has 0 spiro atoms. The van der Waals surface area contributed by atoms with E-state index in [1.807, 2.05) is 6.07 Å². The smallest absolute Gasteiger partial charge is 0.220 e. The summed E-state index contributed by atoms with van der Waals surface area (Å²) in [5.41, 5.74) is 0. The van der Waals surface area contributed by atoms with E-state index in [1.165, 1.54) is 31.7 Å². The fourth-order valence-corrected chi connectivity index (χ4v) is 1.46. The van der Waals surface area contributed by atoms with E-state index in [1.54, 1.807) is 12.1 Å². The molecule has 2 heteroatoms. The van der Waals surface area contributed by atoms with Crippen LogP contribution in [0, 0.1) is 0 Å². The lowest BCUT2D eigenvalue weighted by Crippen LogP contribution is -1.97. The van der Waals surface area contributed by atoms with Gasteiger partial charge in [-0.3, -0.25) is 5.11 Å². The van der Waals surface area contributed by atoms with Crippen LogP contribution in [0.3, 0.4) is 0 Å². The van der Waals surface area contributed by atoms with Gasteiger partial charge in [-0.2, -0.15) is 0 Å². The van der Waals surface area contributed by atoms with Crippen LogP contribution in [0.4, 0.5) is 0 Å². The summed E-state index contributed by atoms with van der Waals surface area (Å²) in [4.78, 5) is 0. The third-order valence-electron chi connectivity index (χ3n) is 2.35. The Morgan fingerprint density at radius 2 is 1.80 bits per heavy atom. The number of hydrogen-bond donors (Lipinski definition) is 0. The molecule has 0 saturated carbocycles. The quantitative estimate of drug-likeness (QED) is 0.617. The predicted molar refractivity (Wildman–Crippen MR) is 60.8 cm³/mol. The van der Waals surface area contributed by atoms with E-state index in [2.05, 4.69) is 6.92 Å². The van der Waals surface area contributed by atoms with Gasteiger partial charge in [0, 0.05) is 0 Å². The average molecular weight is 207 g/mol. The van der Waals surface area contributed by atoms with Crippen LogP contribution in [0.1, 0.15) is 39.0 Å². The summed E-state index contributed by atoms with van der Waals surface area (Å²) in [6, 6.07) is 6.82. The van der Waals surface area contributed by atoms with Gasteiger partial charge in [-0.05, 0) is 18.6 Å². The number of ether oxygens (including phenoxy) is 1. The van der Waals surface area contributed by atoms with Gasteiger partial charge in [-0.1, -0.05) is 44.7 Å². The first-order chi connectivity index (χ1) is 7.34. The highest BCUT2D eigenvalue weighted by molar-refractivity contribution is 5.37. The Kier molecular flexibility index (Phi) is 5.67. The molecule has 0 bridgehead atoms. The number of hydrogen-bond acceptors (Lipinski definition) is 1. The Balaban J connectivity index is 2.12. The molecule has 0 aliphatic rings. The lowest BCUT2D eigenvalue weighted by atomic mass is 10.2. The molecule has 0 atom stereocenters. The van der Waals surface area contributed by atoms with Crippen LogP contribution >= 0.6 is 0 Å². The van der Waals surface area contributed by atoms with Gasteiger partial charge in [0.25, 0.3) is 0 Å². The Bertz CT molecular complexity index is 271. The SMILES string of the molecule is CCCCCCCOc1ccccc1[O]. The molecule has 1 rings (SSSR count). The fourth-order valence-electron chi connectivity index (χ4n) is 1.46. The van der Waals surface area contributed by atoms with Gasteiger partial charge in [-0.25, -0.2) is 0 Å². The van der Waals surface area contributed by atoms with E-state index >= 15 is 0 Å². The first kappa shape index (κ1) is 11.9. The van der Waals surface area contributed by atoms with Gasteiger partial charge in [-0.15, -0.1) is 0 Å². The summed E-state index contributed by atoms with van der Waals surface area (Å²) in [5, 5.41) is 11.3. The molecule has 1 aromatic carbocycles. The summed E-state index contributed by atoms with van der Waals surface area (Å²) >= 11 is 0. The Morgan fingerprint density at radius 3 is 2.53 bits per heavy atom. The Morgan fingerprint density at radius 1 is 1.07 bits per heavy atom. The molecular weight excluding hydrogens is 188 g/mol. The molecule has 0 unspecified atom stereocenters. The molecule has 0 N–H and O–H groups in total. The van der Waals surface area contributed by atoms with E-state index in [-0.39, 0.29) is 5.75 Å². The minimum absolute atomic E-state index is 0.0222. The van der Waals surface area contributed by atoms with Crippen LogP contribution < -0.4 is 4.74 Å². The van der Waals surface area contributed by atoms with Gasteiger partial charge in [0.1, 0.15) is 0 Å². The zero-order chi connectivity index (χ0) is 10.9. The Hall–Kier alpha value is -1.18. The highest BCUT2D eigenvalue weighted by Crippen LogP contribution is 2.25. The second-order valence-electron chi connectivity index (χ2n) is 3.71. The molecule has 2 nitrogen and oxygen atoms in total. The lowest BCUT2D eigenvalue weighted by molar-refractivity contribution is 0.269. The summed E-state index contributed by atoms with van der Waals surface area (Å²) in [7, 11) is 0. The first-order valence-corrected chi connectivity index (χ1v) is 5.73. The summed E-state index contributed by atoms with van der Waals surface area (Å²) in [6.07, 6.45) is 6.03. The van der Waals surface area contributed by atoms with Crippen molar-refractivity contribution < 1.29 is 9.84 Å². The second kappa shape index (κ2) is 7.16. The number of benzene rings is 1. The van der Waals surface area contributed by atoms with Gasteiger partial charge < -0.3 is 4.74 Å². The average Bonchev–Trinajstić information content (AvgIpc) is 2.25. The van der Waals surface area contributed by atoms with Gasteiger partial charge in [0.2, 0.25) is 5.75 Å². The van der Waals surface area contributed by atoms with Crippen molar-refractivity contribution in [2.45, 2.75) is 39.0 Å². The van der Waals surface area contributed by atoms with Crippen LogP contribution in [-0.2, 0) is 5.11 Å². The molecule has 0 aliphatic carbocycles. The maximum atomic E-state index is 11.3. The van der Waals surface area contributed by atoms with Crippen LogP contribution in [0.15, 0.2) is 24.3 Å². The zero-order valence-electron chi connectivity index (χ0n) is 9.37. The van der Waals surface area contributed by atoms with Crippen molar-refractivity contribution >= 4 is 0 Å². The maximum Gasteiger partial charge on any atom is 0.220 e. The summed E-state index contributed by atoms with van der Waals surface area (Å²) in [6.45, 7) is 2.85. The molecule has 0 amide bonds. The minimum atomic E-state index is -0.0222. The van der Waals surface area contributed by atoms with Crippen molar-refractivity contribution in [1.29, 1.82) is 0 Å². The molecule has 0 aliphatic heterocycles. The second-order valence-corrected chi connectivity index (χ2v) is 3.71. The van der Waals surface area contributed by atoms with E-state index in [0.29, 0.717) is 12.4 Å². The first-order valence-electron chi connectivity index (χ1n) is 5.73. The van der Waals surface area contributed by atoms with Gasteiger partial charge in [0.05, 0.1) is 6.61 Å². The van der Waals surface area contributed by atoms with Crippen LogP contribution in [0.25, 0.3) is 0 Å². The van der Waals surface area contributed by atoms with Crippen LogP contribution in [0.2, 0.25) is 0 Å². The summed E-state index contributed by atoms with van der Waals surface area (Å²) in [5.74, 6) is 0.457. The number of para-hydroxylation sites is 2. The molecule has 0 fully saturated rings. The summed E-state index contributed by atoms with van der Waals surface area (Å²) < 4.78 is 5.40. The Labute approximate surface area is 91.9 Å². The van der Waals surface area contributed by atoms with Gasteiger partial charge >= 0.3 is 0 Å². The van der Waals surface area contributed by atoms with Crippen molar-refractivity contribution in [3.8, 4) is 11.5 Å². The van der Waals surface area contributed by atoms with Crippen molar-refractivity contribution in [1.82, 2.24) is 0 Å². The van der Waals surface area contributed by atoms with Crippen molar-refractivity contribution in [2.75, 3.05) is 6.61 Å². The largest absolute Gasteiger partial charge is 0.489 e. The molecule has 83 valence electrons. The molecule has 1 radical (unpaired) electrons. The number of unbranched alkanes of at least 4 members (excludes halogenated alkanes) is 4. The van der Waals surface area contributed by atoms with E-state index in [9.17, 15) is 5.11 Å². The molecule has 0 saturated heterocycles. The van der Waals surface area contributed by atoms with E-state index in [0.717, 1.165) is 6.42 Å². The number of rotatable bonds is 7. The maximum absolute atomic E-state index is 11.3. The van der Waals surface area contributed by atoms with Gasteiger partial charge in [0.15, 0.2) is 5.75 Å². The van der Waals surface area contributed by atoms with E-state index in [4.69, 9.17) is 4.74 Å². The molecule has 1 aromatic rings. The van der Waals surface area contributed by atoms with E-state index < -0.39 is 0 Å². The minimum Gasteiger partial charge on any atom is -0.489 e. The highest BCUT2D eigenvalue weighted by Gasteiger charge is 2.01. The molecule has 0 aromatic heterocycles. The fraction of sp³-hybridized carbons (Fsp3) is 0.538. The van der Waals surface area contributed by atoms with Crippen LogP contribution in [0.5, 0.6) is 11.5 Å². The lowest BCUT2D eigenvalue weighted by Gasteiger charge is -2.05. The highest BCUT2D eigenvalue weighted by atomic mass is 16.5. The molecular formula is C13H19O2. The van der Waals surface area contributed by atoms with Crippen molar-refractivity contribution in [3.63, 3.8) is 0 Å². The van der Waals surface area contributed by atoms with Crippen LogP contribution in [-0.4, -0.2) is 6.61 Å². The predicted octanol–water partition coefficient (Wildman–Crippen LogP) is 4.18. The topological polar surface area (TPSA) is 29.1 Å². The molecule has 0 heterocycles. The third kappa shape index (κ3) is 4.73.